The summed E-state index contributed by atoms with van der Waals surface area (Å²) in [6, 6.07) is 8.55. The highest BCUT2D eigenvalue weighted by molar-refractivity contribution is 9.10. The van der Waals surface area contributed by atoms with Gasteiger partial charge in [-0.2, -0.15) is 5.26 Å². The summed E-state index contributed by atoms with van der Waals surface area (Å²) in [6.45, 7) is 1.87. The maximum atomic E-state index is 9.26. The molecule has 1 aromatic carbocycles. The van der Waals surface area contributed by atoms with Crippen molar-refractivity contribution < 1.29 is 9.47 Å². The lowest BCUT2D eigenvalue weighted by molar-refractivity contribution is -0.354. The summed E-state index contributed by atoms with van der Waals surface area (Å²) in [5, 5.41) is 9.26. The Kier molecular flexibility index (Phi) is 3.22. The first-order valence-corrected chi connectivity index (χ1v) is 7.12. The van der Waals surface area contributed by atoms with Gasteiger partial charge in [0.2, 0.25) is 0 Å². The Morgan fingerprint density at radius 3 is 2.68 bits per heavy atom. The average molecular weight is 320 g/mol. The van der Waals surface area contributed by atoms with Crippen molar-refractivity contribution in [1.29, 1.82) is 5.26 Å². The quantitative estimate of drug-likeness (QED) is 0.852. The molecule has 19 heavy (non-hydrogen) atoms. The van der Waals surface area contributed by atoms with Crippen molar-refractivity contribution in [2.24, 2.45) is 0 Å². The van der Waals surface area contributed by atoms with Gasteiger partial charge in [-0.3, -0.25) is 0 Å². The molecule has 0 N–H and O–H groups in total. The van der Waals surface area contributed by atoms with Crippen molar-refractivity contribution >= 4 is 22.0 Å². The van der Waals surface area contributed by atoms with Crippen LogP contribution in [0.1, 0.15) is 30.9 Å². The van der Waals surface area contributed by atoms with Crippen molar-refractivity contribution in [1.82, 2.24) is 0 Å². The van der Waals surface area contributed by atoms with Gasteiger partial charge in [0.25, 0.3) is 0 Å². The van der Waals surface area contributed by atoms with Crippen LogP contribution in [0, 0.1) is 11.3 Å². The Bertz CT molecular complexity index is 566. The van der Waals surface area contributed by atoms with Gasteiger partial charge >= 0.3 is 0 Å². The van der Waals surface area contributed by atoms with Crippen LogP contribution in [0.25, 0.3) is 6.08 Å². The van der Waals surface area contributed by atoms with Crippen LogP contribution in [0.5, 0.6) is 0 Å². The molecule has 1 aliphatic carbocycles. The number of hydrogen-bond acceptors (Lipinski definition) is 3. The summed E-state index contributed by atoms with van der Waals surface area (Å²) in [7, 11) is 0. The number of benzene rings is 1. The van der Waals surface area contributed by atoms with Crippen LogP contribution in [0.4, 0.5) is 0 Å². The van der Waals surface area contributed by atoms with Crippen molar-refractivity contribution in [3.63, 3.8) is 0 Å². The Hall–Kier alpha value is -1.15. The van der Waals surface area contributed by atoms with Gasteiger partial charge in [0.1, 0.15) is 0 Å². The second-order valence-electron chi connectivity index (χ2n) is 5.03. The molecule has 2 aliphatic rings. The molecule has 2 fully saturated rings. The van der Waals surface area contributed by atoms with E-state index in [4.69, 9.17) is 9.47 Å². The minimum atomic E-state index is -0.260. The smallest absolute Gasteiger partial charge is 0.183 e. The van der Waals surface area contributed by atoms with E-state index in [0.29, 0.717) is 0 Å². The van der Waals surface area contributed by atoms with E-state index in [1.807, 2.05) is 31.2 Å². The fraction of sp³-hybridized carbons (Fsp3) is 0.400. The van der Waals surface area contributed by atoms with E-state index in [1.54, 1.807) is 0 Å². The number of ether oxygens (including phenoxy) is 2. The average Bonchev–Trinajstić information content (AvgIpc) is 3.13. The van der Waals surface area contributed by atoms with E-state index in [2.05, 4.69) is 28.1 Å². The Balaban J connectivity index is 1.81. The molecule has 4 heteroatoms. The summed E-state index contributed by atoms with van der Waals surface area (Å²) >= 11 is 3.50. The molecular weight excluding hydrogens is 306 g/mol. The molecule has 1 saturated carbocycles. The second kappa shape index (κ2) is 4.75. The van der Waals surface area contributed by atoms with E-state index >= 15 is 0 Å². The number of rotatable bonds is 3. The first-order chi connectivity index (χ1) is 9.11. The van der Waals surface area contributed by atoms with Gasteiger partial charge in [-0.1, -0.05) is 28.1 Å². The molecule has 98 valence electrons. The normalized spacial score (nSPS) is 27.8. The van der Waals surface area contributed by atoms with E-state index < -0.39 is 0 Å². The van der Waals surface area contributed by atoms with Gasteiger partial charge < -0.3 is 9.47 Å². The SMILES string of the molecule is CC1OC(/C=C/c2cc(Br)cc(C3(C#N)CC3)c2)O1. The van der Waals surface area contributed by atoms with Crippen LogP contribution in [-0.4, -0.2) is 12.6 Å². The van der Waals surface area contributed by atoms with E-state index in [9.17, 15) is 5.26 Å². The van der Waals surface area contributed by atoms with Crippen LogP contribution < -0.4 is 0 Å². The lowest BCUT2D eigenvalue weighted by Crippen LogP contribution is -2.36. The van der Waals surface area contributed by atoms with Crippen LogP contribution in [-0.2, 0) is 14.9 Å². The molecule has 3 nitrogen and oxygen atoms in total. The lowest BCUT2D eigenvalue weighted by Gasteiger charge is -2.31. The molecule has 0 atom stereocenters. The maximum absolute atomic E-state index is 9.26. The lowest BCUT2D eigenvalue weighted by atomic mass is 9.96. The van der Waals surface area contributed by atoms with Gasteiger partial charge in [-0.15, -0.1) is 0 Å². The fourth-order valence-corrected chi connectivity index (χ4v) is 2.75. The molecule has 0 radical (unpaired) electrons. The monoisotopic (exact) mass is 319 g/mol. The molecule has 1 aromatic rings. The molecule has 0 spiro atoms. The van der Waals surface area contributed by atoms with Gasteiger partial charge in [0, 0.05) is 4.47 Å². The molecule has 0 aromatic heterocycles. The number of halogens is 1. The predicted molar refractivity (Wildman–Crippen MR) is 75.1 cm³/mol. The first-order valence-electron chi connectivity index (χ1n) is 6.33. The number of nitrogens with zero attached hydrogens (tertiary/aromatic N) is 1. The third-order valence-electron chi connectivity index (χ3n) is 3.53. The van der Waals surface area contributed by atoms with Crippen molar-refractivity contribution in [3.8, 4) is 6.07 Å². The van der Waals surface area contributed by atoms with E-state index in [0.717, 1.165) is 28.4 Å². The van der Waals surface area contributed by atoms with Crippen molar-refractivity contribution in [2.45, 2.75) is 37.8 Å². The fourth-order valence-electron chi connectivity index (χ4n) is 2.24. The highest BCUT2D eigenvalue weighted by Crippen LogP contribution is 2.48. The summed E-state index contributed by atoms with van der Waals surface area (Å²) in [4.78, 5) is 0. The molecule has 0 unspecified atom stereocenters. The summed E-state index contributed by atoms with van der Waals surface area (Å²) < 4.78 is 11.7. The van der Waals surface area contributed by atoms with Gasteiger partial charge in [-0.05, 0) is 49.1 Å². The molecule has 1 heterocycles. The number of nitriles is 1. The highest BCUT2D eigenvalue weighted by Gasteiger charge is 2.45. The third kappa shape index (κ3) is 2.59. The Morgan fingerprint density at radius 2 is 2.11 bits per heavy atom. The van der Waals surface area contributed by atoms with Crippen molar-refractivity contribution in [2.75, 3.05) is 0 Å². The van der Waals surface area contributed by atoms with E-state index in [-0.39, 0.29) is 18.0 Å². The molecule has 1 aliphatic heterocycles. The van der Waals surface area contributed by atoms with Crippen LogP contribution in [0.2, 0.25) is 0 Å². The molecule has 0 bridgehead atoms. The minimum Gasteiger partial charge on any atom is -0.320 e. The minimum absolute atomic E-state index is 0.110. The standard InChI is InChI=1S/C15H14BrNO2/c1-10-18-14(19-10)3-2-11-6-12(8-13(16)7-11)15(9-17)4-5-15/h2-3,6-8,10,14H,4-5H2,1H3/b3-2+. The third-order valence-corrected chi connectivity index (χ3v) is 3.99. The summed E-state index contributed by atoms with van der Waals surface area (Å²) in [5.41, 5.74) is 1.88. The maximum Gasteiger partial charge on any atom is 0.183 e. The Morgan fingerprint density at radius 1 is 1.37 bits per heavy atom. The van der Waals surface area contributed by atoms with Crippen LogP contribution >= 0.6 is 15.9 Å². The van der Waals surface area contributed by atoms with Gasteiger partial charge in [0.05, 0.1) is 11.5 Å². The predicted octanol–water partition coefficient (Wildman–Crippen LogP) is 3.74. The zero-order valence-electron chi connectivity index (χ0n) is 10.6. The van der Waals surface area contributed by atoms with Crippen LogP contribution in [0.3, 0.4) is 0 Å². The van der Waals surface area contributed by atoms with E-state index in [1.165, 1.54) is 0 Å². The first kappa shape index (κ1) is 12.9. The molecular formula is C15H14BrNO2. The molecule has 1 saturated heterocycles. The summed E-state index contributed by atoms with van der Waals surface area (Å²) in [5.74, 6) is 0. The highest BCUT2D eigenvalue weighted by atomic mass is 79.9. The van der Waals surface area contributed by atoms with Gasteiger partial charge in [0.15, 0.2) is 12.6 Å². The zero-order valence-corrected chi connectivity index (χ0v) is 12.2. The Labute approximate surface area is 121 Å². The van der Waals surface area contributed by atoms with Crippen LogP contribution in [0.15, 0.2) is 28.7 Å². The zero-order chi connectivity index (χ0) is 13.5. The van der Waals surface area contributed by atoms with Crippen molar-refractivity contribution in [3.05, 3.63) is 39.9 Å². The topological polar surface area (TPSA) is 42.2 Å². The second-order valence-corrected chi connectivity index (χ2v) is 5.95. The molecule has 0 amide bonds. The largest absolute Gasteiger partial charge is 0.320 e. The van der Waals surface area contributed by atoms with Gasteiger partial charge in [-0.25, -0.2) is 0 Å². The summed E-state index contributed by atoms with van der Waals surface area (Å²) in [6.07, 6.45) is 5.41. The molecule has 3 rings (SSSR count). The number of hydrogen-bond donors (Lipinski definition) is 0.